The molecule has 0 unspecified atom stereocenters. The third kappa shape index (κ3) is 7.78. The summed E-state index contributed by atoms with van der Waals surface area (Å²) in [6.07, 6.45) is 0.124. The molecule has 0 aromatic rings. The van der Waals surface area contributed by atoms with Gasteiger partial charge < -0.3 is 14.7 Å². The summed E-state index contributed by atoms with van der Waals surface area (Å²) >= 11 is 0. The molecule has 0 aromatic carbocycles. The van der Waals surface area contributed by atoms with E-state index in [0.29, 0.717) is 25.5 Å². The quantitative estimate of drug-likeness (QED) is 0.733. The van der Waals surface area contributed by atoms with Crippen LogP contribution in [0.5, 0.6) is 0 Å². The van der Waals surface area contributed by atoms with E-state index in [4.69, 9.17) is 9.84 Å². The Labute approximate surface area is 90.0 Å². The van der Waals surface area contributed by atoms with E-state index in [-0.39, 0.29) is 6.42 Å². The van der Waals surface area contributed by atoms with Crippen molar-refractivity contribution in [2.45, 2.75) is 26.7 Å². The lowest BCUT2D eigenvalue weighted by Gasteiger charge is -2.17. The summed E-state index contributed by atoms with van der Waals surface area (Å²) in [6.45, 7) is 4.71. The van der Waals surface area contributed by atoms with Gasteiger partial charge in [0.05, 0.1) is 6.61 Å². The molecule has 0 bridgehead atoms. The van der Waals surface area contributed by atoms with Crippen molar-refractivity contribution in [3.8, 4) is 0 Å². The molecule has 15 heavy (non-hydrogen) atoms. The summed E-state index contributed by atoms with van der Waals surface area (Å²) in [5, 5.41) is 8.41. The molecule has 0 aliphatic carbocycles. The fourth-order valence-electron chi connectivity index (χ4n) is 0.907. The van der Waals surface area contributed by atoms with Crippen LogP contribution in [0, 0.1) is 5.92 Å². The maximum absolute atomic E-state index is 11.3. The first kappa shape index (κ1) is 13.7. The second-order valence-electron chi connectivity index (χ2n) is 3.89. The molecule has 0 aliphatic heterocycles. The van der Waals surface area contributed by atoms with Gasteiger partial charge in [-0.25, -0.2) is 4.79 Å². The molecule has 0 saturated carbocycles. The van der Waals surface area contributed by atoms with Crippen molar-refractivity contribution in [2.24, 2.45) is 5.92 Å². The molecule has 0 atom stereocenters. The van der Waals surface area contributed by atoms with Crippen LogP contribution in [-0.2, 0) is 9.53 Å². The van der Waals surface area contributed by atoms with Crippen LogP contribution < -0.4 is 0 Å². The summed E-state index contributed by atoms with van der Waals surface area (Å²) in [7, 11) is 1.60. The molecular weight excluding hydrogens is 198 g/mol. The third-order valence-corrected chi connectivity index (χ3v) is 1.74. The number of carbonyl (C=O) groups excluding carboxylic acids is 1. The topological polar surface area (TPSA) is 66.8 Å². The van der Waals surface area contributed by atoms with E-state index in [1.165, 1.54) is 4.90 Å². The zero-order valence-corrected chi connectivity index (χ0v) is 9.52. The van der Waals surface area contributed by atoms with Gasteiger partial charge in [-0.1, -0.05) is 13.8 Å². The van der Waals surface area contributed by atoms with Crippen molar-refractivity contribution in [1.29, 1.82) is 0 Å². The minimum Gasteiger partial charge on any atom is -0.481 e. The van der Waals surface area contributed by atoms with Crippen LogP contribution in [0.15, 0.2) is 0 Å². The molecule has 0 spiro atoms. The lowest BCUT2D eigenvalue weighted by atomic mass is 10.2. The number of amides is 1. The lowest BCUT2D eigenvalue weighted by Crippen LogP contribution is -2.29. The van der Waals surface area contributed by atoms with Crippen LogP contribution >= 0.6 is 0 Å². The summed E-state index contributed by atoms with van der Waals surface area (Å²) in [4.78, 5) is 22.9. The molecule has 0 heterocycles. The Hall–Kier alpha value is -1.26. The Kier molecular flexibility index (Phi) is 6.49. The predicted molar refractivity (Wildman–Crippen MR) is 55.7 cm³/mol. The molecule has 1 N–H and O–H groups in total. The fraction of sp³-hybridized carbons (Fsp3) is 0.800. The molecule has 0 saturated heterocycles. The summed E-state index contributed by atoms with van der Waals surface area (Å²) in [5.41, 5.74) is 0. The molecule has 5 nitrogen and oxygen atoms in total. The number of carboxylic acid groups (broad SMARTS) is 1. The SMILES string of the molecule is CC(C)COC(=O)N(C)CCCC(=O)O. The summed E-state index contributed by atoms with van der Waals surface area (Å²) in [5.74, 6) is -0.541. The minimum absolute atomic E-state index is 0.0712. The number of hydrogen-bond donors (Lipinski definition) is 1. The van der Waals surface area contributed by atoms with Gasteiger partial charge in [-0.2, -0.15) is 0 Å². The van der Waals surface area contributed by atoms with Crippen LogP contribution in [-0.4, -0.2) is 42.3 Å². The highest BCUT2D eigenvalue weighted by atomic mass is 16.6. The van der Waals surface area contributed by atoms with Gasteiger partial charge in [0.15, 0.2) is 0 Å². The van der Waals surface area contributed by atoms with E-state index in [1.807, 2.05) is 13.8 Å². The Morgan fingerprint density at radius 1 is 1.40 bits per heavy atom. The van der Waals surface area contributed by atoms with Crippen molar-refractivity contribution < 1.29 is 19.4 Å². The first-order valence-corrected chi connectivity index (χ1v) is 5.03. The van der Waals surface area contributed by atoms with Gasteiger partial charge in [-0.3, -0.25) is 4.79 Å². The van der Waals surface area contributed by atoms with Crippen LogP contribution in [0.25, 0.3) is 0 Å². The Morgan fingerprint density at radius 3 is 2.47 bits per heavy atom. The van der Waals surface area contributed by atoms with Crippen molar-refractivity contribution >= 4 is 12.1 Å². The van der Waals surface area contributed by atoms with Crippen LogP contribution in [0.3, 0.4) is 0 Å². The van der Waals surface area contributed by atoms with E-state index < -0.39 is 12.1 Å². The Bertz CT molecular complexity index is 215. The lowest BCUT2D eigenvalue weighted by molar-refractivity contribution is -0.137. The second-order valence-corrected chi connectivity index (χ2v) is 3.89. The smallest absolute Gasteiger partial charge is 0.409 e. The van der Waals surface area contributed by atoms with E-state index >= 15 is 0 Å². The van der Waals surface area contributed by atoms with Gasteiger partial charge in [0.25, 0.3) is 0 Å². The van der Waals surface area contributed by atoms with Gasteiger partial charge in [-0.05, 0) is 12.3 Å². The normalized spacial score (nSPS) is 10.1. The van der Waals surface area contributed by atoms with Crippen LogP contribution in [0.2, 0.25) is 0 Å². The number of rotatable bonds is 6. The fourth-order valence-corrected chi connectivity index (χ4v) is 0.907. The molecule has 5 heteroatoms. The highest BCUT2D eigenvalue weighted by Crippen LogP contribution is 1.99. The average molecular weight is 217 g/mol. The van der Waals surface area contributed by atoms with Crippen molar-refractivity contribution in [2.75, 3.05) is 20.2 Å². The minimum atomic E-state index is -0.848. The average Bonchev–Trinajstić information content (AvgIpc) is 2.13. The van der Waals surface area contributed by atoms with E-state index in [9.17, 15) is 9.59 Å². The zero-order chi connectivity index (χ0) is 11.8. The molecule has 0 aliphatic rings. The maximum Gasteiger partial charge on any atom is 0.409 e. The molecule has 0 radical (unpaired) electrons. The van der Waals surface area contributed by atoms with Gasteiger partial charge in [0.2, 0.25) is 0 Å². The van der Waals surface area contributed by atoms with E-state index in [2.05, 4.69) is 0 Å². The molecule has 1 amide bonds. The molecular formula is C10H19NO4. The van der Waals surface area contributed by atoms with Gasteiger partial charge in [0, 0.05) is 20.0 Å². The number of aliphatic carboxylic acids is 1. The second kappa shape index (κ2) is 7.09. The Morgan fingerprint density at radius 2 is 2.00 bits per heavy atom. The molecule has 0 rings (SSSR count). The van der Waals surface area contributed by atoms with E-state index in [1.54, 1.807) is 7.05 Å². The number of hydrogen-bond acceptors (Lipinski definition) is 3. The van der Waals surface area contributed by atoms with Gasteiger partial charge in [-0.15, -0.1) is 0 Å². The molecule has 88 valence electrons. The summed E-state index contributed by atoms with van der Waals surface area (Å²) < 4.78 is 4.96. The predicted octanol–water partition coefficient (Wildman–Crippen LogP) is 1.58. The summed E-state index contributed by atoms with van der Waals surface area (Å²) in [6, 6.07) is 0. The largest absolute Gasteiger partial charge is 0.481 e. The number of ether oxygens (including phenoxy) is 1. The maximum atomic E-state index is 11.3. The zero-order valence-electron chi connectivity index (χ0n) is 9.52. The van der Waals surface area contributed by atoms with Crippen molar-refractivity contribution in [3.63, 3.8) is 0 Å². The number of carbonyl (C=O) groups is 2. The highest BCUT2D eigenvalue weighted by Gasteiger charge is 2.10. The van der Waals surface area contributed by atoms with Crippen molar-refractivity contribution in [3.05, 3.63) is 0 Å². The van der Waals surface area contributed by atoms with Gasteiger partial charge >= 0.3 is 12.1 Å². The first-order valence-electron chi connectivity index (χ1n) is 5.03. The molecule has 0 fully saturated rings. The molecule has 0 aromatic heterocycles. The van der Waals surface area contributed by atoms with E-state index in [0.717, 1.165) is 0 Å². The van der Waals surface area contributed by atoms with Crippen LogP contribution in [0.4, 0.5) is 4.79 Å². The number of nitrogens with zero attached hydrogens (tertiary/aromatic N) is 1. The van der Waals surface area contributed by atoms with Crippen molar-refractivity contribution in [1.82, 2.24) is 4.90 Å². The Balaban J connectivity index is 3.64. The van der Waals surface area contributed by atoms with Gasteiger partial charge in [0.1, 0.15) is 0 Å². The number of carboxylic acids is 1. The monoisotopic (exact) mass is 217 g/mol. The first-order chi connectivity index (χ1) is 6.93. The third-order valence-electron chi connectivity index (χ3n) is 1.74. The highest BCUT2D eigenvalue weighted by molar-refractivity contribution is 5.68. The standard InChI is InChI=1S/C10H19NO4/c1-8(2)7-15-10(14)11(3)6-4-5-9(12)13/h8H,4-7H2,1-3H3,(H,12,13). The van der Waals surface area contributed by atoms with Crippen LogP contribution in [0.1, 0.15) is 26.7 Å².